The summed E-state index contributed by atoms with van der Waals surface area (Å²) in [6.45, 7) is 6.12. The number of hydrogen-bond donors (Lipinski definition) is 1. The first-order valence-corrected chi connectivity index (χ1v) is 5.43. The van der Waals surface area contributed by atoms with Crippen molar-refractivity contribution in [2.75, 3.05) is 5.73 Å². The Labute approximate surface area is 96.0 Å². The summed E-state index contributed by atoms with van der Waals surface area (Å²) in [7, 11) is 0. The third kappa shape index (κ3) is 2.11. The van der Waals surface area contributed by atoms with Gasteiger partial charge in [-0.25, -0.2) is 0 Å². The average molecular weight is 215 g/mol. The molecule has 0 amide bonds. The summed E-state index contributed by atoms with van der Waals surface area (Å²) in [6.07, 6.45) is 0. The summed E-state index contributed by atoms with van der Waals surface area (Å²) in [5.41, 5.74) is 6.53. The molecule has 2 rings (SSSR count). The van der Waals surface area contributed by atoms with E-state index in [0.29, 0.717) is 0 Å². The van der Waals surface area contributed by atoms with Crippen LogP contribution in [0, 0.1) is 0 Å². The Morgan fingerprint density at radius 3 is 2.25 bits per heavy atom. The van der Waals surface area contributed by atoms with E-state index in [2.05, 4.69) is 0 Å². The maximum absolute atomic E-state index is 5.93. The van der Waals surface area contributed by atoms with E-state index in [9.17, 15) is 0 Å². The minimum atomic E-state index is -0.196. The zero-order valence-corrected chi connectivity index (χ0v) is 9.95. The molecule has 0 heterocycles. The molecule has 2 heteroatoms. The third-order valence-electron chi connectivity index (χ3n) is 2.33. The lowest BCUT2D eigenvalue weighted by molar-refractivity contribution is 0.133. The number of benzene rings is 2. The normalized spacial score (nSPS) is 11.7. The molecular weight excluding hydrogens is 198 g/mol. The van der Waals surface area contributed by atoms with E-state index >= 15 is 0 Å². The molecule has 84 valence electrons. The monoisotopic (exact) mass is 215 g/mol. The molecule has 2 nitrogen and oxygen atoms in total. The van der Waals surface area contributed by atoms with Crippen LogP contribution in [0.1, 0.15) is 20.8 Å². The molecule has 0 radical (unpaired) electrons. The largest absolute Gasteiger partial charge is 0.488 e. The quantitative estimate of drug-likeness (QED) is 0.738. The van der Waals surface area contributed by atoms with Gasteiger partial charge in [0.1, 0.15) is 11.4 Å². The van der Waals surface area contributed by atoms with Gasteiger partial charge in [0.2, 0.25) is 0 Å². The SMILES string of the molecule is CC(C)(C)Oc1cccc2c(N)cccc12. The van der Waals surface area contributed by atoms with Gasteiger partial charge in [-0.3, -0.25) is 0 Å². The van der Waals surface area contributed by atoms with Gasteiger partial charge in [0.05, 0.1) is 0 Å². The predicted molar refractivity (Wildman–Crippen MR) is 68.7 cm³/mol. The highest BCUT2D eigenvalue weighted by Crippen LogP contribution is 2.31. The van der Waals surface area contributed by atoms with Crippen molar-refractivity contribution in [3.8, 4) is 5.75 Å². The van der Waals surface area contributed by atoms with Crippen LogP contribution in [0.4, 0.5) is 5.69 Å². The molecule has 0 saturated carbocycles. The Bertz CT molecular complexity index is 512. The van der Waals surface area contributed by atoms with Gasteiger partial charge < -0.3 is 10.5 Å². The summed E-state index contributed by atoms with van der Waals surface area (Å²) < 4.78 is 5.91. The fourth-order valence-electron chi connectivity index (χ4n) is 1.72. The van der Waals surface area contributed by atoms with Crippen molar-refractivity contribution in [1.82, 2.24) is 0 Å². The molecule has 0 aliphatic rings. The Balaban J connectivity index is 2.58. The van der Waals surface area contributed by atoms with Crippen molar-refractivity contribution in [1.29, 1.82) is 0 Å². The van der Waals surface area contributed by atoms with Gasteiger partial charge in [-0.05, 0) is 32.9 Å². The third-order valence-corrected chi connectivity index (χ3v) is 2.33. The van der Waals surface area contributed by atoms with E-state index in [4.69, 9.17) is 10.5 Å². The van der Waals surface area contributed by atoms with Crippen LogP contribution in [0.5, 0.6) is 5.75 Å². The summed E-state index contributed by atoms with van der Waals surface area (Å²) in [4.78, 5) is 0. The smallest absolute Gasteiger partial charge is 0.127 e. The standard InChI is InChI=1S/C14H17NO/c1-14(2,3)16-13-9-5-6-10-11(13)7-4-8-12(10)15/h4-9H,15H2,1-3H3. The zero-order valence-electron chi connectivity index (χ0n) is 9.95. The summed E-state index contributed by atoms with van der Waals surface area (Å²) in [5.74, 6) is 0.886. The predicted octanol–water partition coefficient (Wildman–Crippen LogP) is 3.60. The van der Waals surface area contributed by atoms with Gasteiger partial charge in [-0.1, -0.05) is 24.3 Å². The minimum Gasteiger partial charge on any atom is -0.488 e. The van der Waals surface area contributed by atoms with E-state index in [1.165, 1.54) is 0 Å². The van der Waals surface area contributed by atoms with E-state index in [0.717, 1.165) is 22.2 Å². The number of ether oxygens (including phenoxy) is 1. The summed E-state index contributed by atoms with van der Waals surface area (Å²) in [5, 5.41) is 2.11. The molecule has 2 aromatic rings. The number of nitrogens with two attached hydrogens (primary N) is 1. The number of rotatable bonds is 1. The highest BCUT2D eigenvalue weighted by atomic mass is 16.5. The van der Waals surface area contributed by atoms with Crippen molar-refractivity contribution >= 4 is 16.5 Å². The number of anilines is 1. The molecule has 0 spiro atoms. The van der Waals surface area contributed by atoms with Crippen molar-refractivity contribution in [2.24, 2.45) is 0 Å². The van der Waals surface area contributed by atoms with Crippen LogP contribution in [0.15, 0.2) is 36.4 Å². The zero-order chi connectivity index (χ0) is 11.8. The molecule has 0 saturated heterocycles. The fraction of sp³-hybridized carbons (Fsp3) is 0.286. The molecule has 0 atom stereocenters. The van der Waals surface area contributed by atoms with E-state index in [1.807, 2.05) is 57.2 Å². The first-order valence-electron chi connectivity index (χ1n) is 5.43. The van der Waals surface area contributed by atoms with E-state index in [-0.39, 0.29) is 5.60 Å². The lowest BCUT2D eigenvalue weighted by Crippen LogP contribution is -2.23. The molecule has 0 aromatic heterocycles. The van der Waals surface area contributed by atoms with Crippen molar-refractivity contribution in [3.05, 3.63) is 36.4 Å². The highest BCUT2D eigenvalue weighted by molar-refractivity contribution is 5.96. The second-order valence-corrected chi connectivity index (χ2v) is 4.91. The maximum atomic E-state index is 5.93. The molecule has 2 aromatic carbocycles. The summed E-state index contributed by atoms with van der Waals surface area (Å²) in [6, 6.07) is 11.9. The highest BCUT2D eigenvalue weighted by Gasteiger charge is 2.13. The van der Waals surface area contributed by atoms with Crippen LogP contribution in [-0.2, 0) is 0 Å². The van der Waals surface area contributed by atoms with Crippen LogP contribution in [-0.4, -0.2) is 5.60 Å². The van der Waals surface area contributed by atoms with E-state index in [1.54, 1.807) is 0 Å². The van der Waals surface area contributed by atoms with Gasteiger partial charge in [-0.2, -0.15) is 0 Å². The maximum Gasteiger partial charge on any atom is 0.127 e. The van der Waals surface area contributed by atoms with Crippen molar-refractivity contribution in [3.63, 3.8) is 0 Å². The van der Waals surface area contributed by atoms with Gasteiger partial charge in [0.25, 0.3) is 0 Å². The van der Waals surface area contributed by atoms with Crippen molar-refractivity contribution in [2.45, 2.75) is 26.4 Å². The first-order chi connectivity index (χ1) is 7.47. The second-order valence-electron chi connectivity index (χ2n) is 4.91. The molecule has 0 fully saturated rings. The molecule has 0 aliphatic heterocycles. The van der Waals surface area contributed by atoms with Gasteiger partial charge in [0.15, 0.2) is 0 Å². The van der Waals surface area contributed by atoms with Crippen LogP contribution in [0.25, 0.3) is 10.8 Å². The lowest BCUT2D eigenvalue weighted by Gasteiger charge is -2.22. The van der Waals surface area contributed by atoms with E-state index < -0.39 is 0 Å². The number of nitrogen functional groups attached to an aromatic ring is 1. The molecule has 0 unspecified atom stereocenters. The van der Waals surface area contributed by atoms with Crippen molar-refractivity contribution < 1.29 is 4.74 Å². The molecule has 16 heavy (non-hydrogen) atoms. The molecule has 0 aliphatic carbocycles. The van der Waals surface area contributed by atoms with Crippen LogP contribution in [0.3, 0.4) is 0 Å². The number of fused-ring (bicyclic) bond motifs is 1. The first kappa shape index (κ1) is 10.8. The van der Waals surface area contributed by atoms with Gasteiger partial charge in [0, 0.05) is 16.5 Å². The Morgan fingerprint density at radius 2 is 1.56 bits per heavy atom. The van der Waals surface area contributed by atoms with Crippen LogP contribution in [0.2, 0.25) is 0 Å². The average Bonchev–Trinajstić information content (AvgIpc) is 2.17. The van der Waals surface area contributed by atoms with Gasteiger partial charge in [-0.15, -0.1) is 0 Å². The Kier molecular flexibility index (Phi) is 2.50. The molecule has 2 N–H and O–H groups in total. The number of hydrogen-bond acceptors (Lipinski definition) is 2. The topological polar surface area (TPSA) is 35.2 Å². The fourth-order valence-corrected chi connectivity index (χ4v) is 1.72. The minimum absolute atomic E-state index is 0.196. The molecule has 0 bridgehead atoms. The van der Waals surface area contributed by atoms with Crippen LogP contribution < -0.4 is 10.5 Å². The Morgan fingerprint density at radius 1 is 0.938 bits per heavy atom. The lowest BCUT2D eigenvalue weighted by atomic mass is 10.1. The summed E-state index contributed by atoms with van der Waals surface area (Å²) >= 11 is 0. The van der Waals surface area contributed by atoms with Crippen LogP contribution >= 0.6 is 0 Å². The molecular formula is C14H17NO. The van der Waals surface area contributed by atoms with Gasteiger partial charge >= 0.3 is 0 Å². The second kappa shape index (κ2) is 3.71. The Hall–Kier alpha value is -1.70.